The van der Waals surface area contributed by atoms with Gasteiger partial charge in [-0.2, -0.15) is 0 Å². The van der Waals surface area contributed by atoms with Gasteiger partial charge in [0.1, 0.15) is 0 Å². The minimum absolute atomic E-state index is 0.802. The van der Waals surface area contributed by atoms with Crippen LogP contribution in [-0.2, 0) is 0 Å². The predicted octanol–water partition coefficient (Wildman–Crippen LogP) is 17.3. The van der Waals surface area contributed by atoms with Crippen LogP contribution in [0.4, 0.5) is 22.7 Å². The van der Waals surface area contributed by atoms with Gasteiger partial charge in [-0.15, -0.1) is 0 Å². The summed E-state index contributed by atoms with van der Waals surface area (Å²) in [5, 5.41) is 0. The van der Waals surface area contributed by atoms with Crippen molar-refractivity contribution in [2.75, 3.05) is 0 Å². The average molecular weight is 889 g/mol. The van der Waals surface area contributed by atoms with E-state index in [0.29, 0.717) is 0 Å². The first-order valence-electron chi connectivity index (χ1n) is 23.8. The Morgan fingerprint density at radius 2 is 0.382 bits per heavy atom. The second-order valence-corrected chi connectivity index (χ2v) is 17.7. The van der Waals surface area contributed by atoms with E-state index in [4.69, 9.17) is 20.0 Å². The van der Waals surface area contributed by atoms with E-state index in [9.17, 15) is 0 Å². The molecule has 0 aliphatic carbocycles. The van der Waals surface area contributed by atoms with Crippen LogP contribution in [0.2, 0.25) is 0 Å². The molecule has 8 aromatic rings. The maximum atomic E-state index is 5.20. The standard InChI is InChI=1S/2C32H32N2/c2*1-23-13-11-14-24(2)31(23)33-29(27-17-7-5-8-18-27)21-22-30(28-19-9-6-10-20-28)34-32-25(3)15-12-16-26(32)4/h2*5-20H,21-22H2,1-4H3. The number of hydrogen-bond donors (Lipinski definition) is 0. The number of benzene rings is 8. The number of nitrogens with zero attached hydrogens (tertiary/aromatic N) is 4. The molecule has 4 heteroatoms. The van der Waals surface area contributed by atoms with Crippen molar-refractivity contribution in [1.82, 2.24) is 0 Å². The topological polar surface area (TPSA) is 49.4 Å². The highest BCUT2D eigenvalue weighted by molar-refractivity contribution is 6.09. The lowest BCUT2D eigenvalue weighted by Gasteiger charge is -2.13. The highest BCUT2D eigenvalue weighted by Gasteiger charge is 2.14. The molecule has 340 valence electrons. The molecule has 0 aliphatic rings. The smallest absolute Gasteiger partial charge is 0.0691 e. The van der Waals surface area contributed by atoms with Gasteiger partial charge < -0.3 is 0 Å². The monoisotopic (exact) mass is 889 g/mol. The van der Waals surface area contributed by atoms with Gasteiger partial charge in [-0.25, -0.2) is 0 Å². The SMILES string of the molecule is Cc1cccc(C)c1N=C(CCC(=Nc1c(C)cccc1C)c1ccccc1)c1ccccc1.Cc1cccc(C)c1N=C(CCC(=Nc1c(C)cccc1C)c1ccccc1)c1ccccc1. The van der Waals surface area contributed by atoms with E-state index in [1.807, 2.05) is 0 Å². The van der Waals surface area contributed by atoms with E-state index in [0.717, 1.165) is 93.5 Å². The first-order valence-corrected chi connectivity index (χ1v) is 23.8. The van der Waals surface area contributed by atoms with Crippen molar-refractivity contribution in [3.8, 4) is 0 Å². The second kappa shape index (κ2) is 23.8. The third kappa shape index (κ3) is 12.9. The third-order valence-electron chi connectivity index (χ3n) is 12.4. The van der Waals surface area contributed by atoms with Crippen molar-refractivity contribution in [3.05, 3.63) is 261 Å². The second-order valence-electron chi connectivity index (χ2n) is 17.7. The summed E-state index contributed by atoms with van der Waals surface area (Å²) < 4.78 is 0. The molecule has 8 aromatic carbocycles. The predicted molar refractivity (Wildman–Crippen MR) is 293 cm³/mol. The molecule has 0 atom stereocenters. The van der Waals surface area contributed by atoms with E-state index in [1.54, 1.807) is 0 Å². The van der Waals surface area contributed by atoms with Crippen LogP contribution in [0.25, 0.3) is 0 Å². The fraction of sp³-hybridized carbons (Fsp3) is 0.188. The molecule has 4 nitrogen and oxygen atoms in total. The molecule has 0 aliphatic heterocycles. The minimum Gasteiger partial charge on any atom is -0.252 e. The van der Waals surface area contributed by atoms with E-state index in [2.05, 4.69) is 250 Å². The molecule has 0 saturated heterocycles. The highest BCUT2D eigenvalue weighted by atomic mass is 14.8. The summed E-state index contributed by atoms with van der Waals surface area (Å²) in [6.45, 7) is 17.0. The summed E-state index contributed by atoms with van der Waals surface area (Å²) in [6.07, 6.45) is 3.21. The Labute approximate surface area is 405 Å². The van der Waals surface area contributed by atoms with E-state index < -0.39 is 0 Å². The van der Waals surface area contributed by atoms with Crippen LogP contribution in [0, 0.1) is 55.4 Å². The Balaban J connectivity index is 0.000000201. The molecule has 68 heavy (non-hydrogen) atoms. The summed E-state index contributed by atoms with van der Waals surface area (Å²) >= 11 is 0. The quantitative estimate of drug-likeness (QED) is 0.0977. The fourth-order valence-corrected chi connectivity index (χ4v) is 8.52. The van der Waals surface area contributed by atoms with Crippen LogP contribution >= 0.6 is 0 Å². The summed E-state index contributed by atoms with van der Waals surface area (Å²) in [5.74, 6) is 0. The van der Waals surface area contributed by atoms with Gasteiger partial charge in [-0.3, -0.25) is 20.0 Å². The zero-order chi connectivity index (χ0) is 47.8. The molecule has 8 rings (SSSR count). The Kier molecular flexibility index (Phi) is 16.9. The number of para-hydroxylation sites is 4. The van der Waals surface area contributed by atoms with Crippen LogP contribution in [-0.4, -0.2) is 22.8 Å². The lowest BCUT2D eigenvalue weighted by Crippen LogP contribution is -2.08. The van der Waals surface area contributed by atoms with Crippen molar-refractivity contribution in [2.24, 2.45) is 20.0 Å². The Bertz CT molecular complexity index is 2550. The molecule has 0 amide bonds. The summed E-state index contributed by atoms with van der Waals surface area (Å²) in [6, 6.07) is 67.5. The maximum absolute atomic E-state index is 5.20. The van der Waals surface area contributed by atoms with Gasteiger partial charge in [-0.1, -0.05) is 194 Å². The minimum atomic E-state index is 0.802. The number of aliphatic imine (C=N–C) groups is 4. The zero-order valence-electron chi connectivity index (χ0n) is 41.1. The van der Waals surface area contributed by atoms with Gasteiger partial charge >= 0.3 is 0 Å². The molecular formula is C64H64N4. The van der Waals surface area contributed by atoms with Gasteiger partial charge in [0, 0.05) is 22.8 Å². The highest BCUT2D eigenvalue weighted by Crippen LogP contribution is 2.30. The van der Waals surface area contributed by atoms with Crippen molar-refractivity contribution in [3.63, 3.8) is 0 Å². The van der Waals surface area contributed by atoms with Crippen molar-refractivity contribution < 1.29 is 0 Å². The van der Waals surface area contributed by atoms with Crippen molar-refractivity contribution in [2.45, 2.75) is 81.1 Å². The van der Waals surface area contributed by atoms with Gasteiger partial charge in [-0.05, 0) is 148 Å². The molecular weight excluding hydrogens is 825 g/mol. The lowest BCUT2D eigenvalue weighted by atomic mass is 9.99. The molecule has 0 aromatic heterocycles. The van der Waals surface area contributed by atoms with Gasteiger partial charge in [0.15, 0.2) is 0 Å². The Hall–Kier alpha value is -7.56. The number of hydrogen-bond acceptors (Lipinski definition) is 4. The van der Waals surface area contributed by atoms with Gasteiger partial charge in [0.05, 0.1) is 22.7 Å². The first-order chi connectivity index (χ1) is 33.0. The number of aryl methyl sites for hydroxylation is 8. The number of rotatable bonds is 14. The summed E-state index contributed by atoms with van der Waals surface area (Å²) in [5.41, 5.74) is 22.8. The summed E-state index contributed by atoms with van der Waals surface area (Å²) in [7, 11) is 0. The molecule has 0 radical (unpaired) electrons. The van der Waals surface area contributed by atoms with E-state index in [-0.39, 0.29) is 0 Å². The third-order valence-corrected chi connectivity index (χ3v) is 12.4. The van der Waals surface area contributed by atoms with Crippen LogP contribution in [0.5, 0.6) is 0 Å². The molecule has 0 fully saturated rings. The summed E-state index contributed by atoms with van der Waals surface area (Å²) in [4.78, 5) is 20.8. The van der Waals surface area contributed by atoms with E-state index in [1.165, 1.54) is 44.5 Å². The van der Waals surface area contributed by atoms with Gasteiger partial charge in [0.2, 0.25) is 0 Å². The maximum Gasteiger partial charge on any atom is 0.0691 e. The van der Waals surface area contributed by atoms with Crippen LogP contribution in [0.15, 0.2) is 214 Å². The Morgan fingerprint density at radius 1 is 0.221 bits per heavy atom. The van der Waals surface area contributed by atoms with E-state index >= 15 is 0 Å². The Morgan fingerprint density at radius 3 is 0.544 bits per heavy atom. The normalized spacial score (nSPS) is 12.1. The molecule has 0 unspecified atom stereocenters. The first kappa shape index (κ1) is 48.4. The fourth-order valence-electron chi connectivity index (χ4n) is 8.52. The largest absolute Gasteiger partial charge is 0.252 e. The average Bonchev–Trinajstić information content (AvgIpc) is 3.35. The molecule has 0 N–H and O–H groups in total. The lowest BCUT2D eigenvalue weighted by molar-refractivity contribution is 1.12. The van der Waals surface area contributed by atoms with Crippen LogP contribution in [0.3, 0.4) is 0 Å². The van der Waals surface area contributed by atoms with Crippen LogP contribution < -0.4 is 0 Å². The molecule has 0 spiro atoms. The van der Waals surface area contributed by atoms with Crippen molar-refractivity contribution >= 4 is 45.6 Å². The molecule has 0 saturated carbocycles. The molecule has 0 heterocycles. The molecule has 0 bridgehead atoms. The van der Waals surface area contributed by atoms with Crippen molar-refractivity contribution in [1.29, 1.82) is 0 Å². The van der Waals surface area contributed by atoms with Crippen LogP contribution in [0.1, 0.15) is 92.4 Å². The zero-order valence-corrected chi connectivity index (χ0v) is 41.1. The van der Waals surface area contributed by atoms with Gasteiger partial charge in [0.25, 0.3) is 0 Å².